The Morgan fingerprint density at radius 1 is 0.818 bits per heavy atom. The van der Waals surface area contributed by atoms with Gasteiger partial charge in [0.2, 0.25) is 0 Å². The van der Waals surface area contributed by atoms with Crippen LogP contribution < -0.4 is 28.5 Å². The van der Waals surface area contributed by atoms with Gasteiger partial charge in [0.1, 0.15) is 5.69 Å². The van der Waals surface area contributed by atoms with Gasteiger partial charge in [-0.3, -0.25) is 9.28 Å². The van der Waals surface area contributed by atoms with Gasteiger partial charge < -0.3 is 33.3 Å². The largest absolute Gasteiger partial charge is 1.00 e. The number of para-hydroxylation sites is 1. The van der Waals surface area contributed by atoms with Crippen LogP contribution in [-0.2, 0) is 22.5 Å². The summed E-state index contributed by atoms with van der Waals surface area (Å²) in [4.78, 5) is 12.1. The van der Waals surface area contributed by atoms with Crippen molar-refractivity contribution in [1.29, 1.82) is 0 Å². The minimum Gasteiger partial charge on any atom is -1.00 e. The zero-order valence-corrected chi connectivity index (χ0v) is 22.6. The van der Waals surface area contributed by atoms with Crippen molar-refractivity contribution in [2.24, 2.45) is 0 Å². The molecule has 0 bridgehead atoms. The summed E-state index contributed by atoms with van der Waals surface area (Å²) < 4.78 is 8.56. The van der Waals surface area contributed by atoms with Gasteiger partial charge in [0, 0.05) is 18.3 Å². The average Bonchev–Trinajstić information content (AvgIpc) is 3.18. The number of rotatable bonds is 13. The SMILES string of the molecule is C[N+](C)(C)c1ccc(CC(=O)OCCCCCCCCCn2ccc3ccccc32)cc1.[I-]. The third kappa shape index (κ3) is 9.13. The molecule has 3 aromatic rings. The number of aromatic nitrogens is 1. The van der Waals surface area contributed by atoms with Crippen molar-refractivity contribution in [3.63, 3.8) is 0 Å². The van der Waals surface area contributed by atoms with Crippen LogP contribution in [0.15, 0.2) is 60.8 Å². The van der Waals surface area contributed by atoms with Crippen LogP contribution in [0.1, 0.15) is 50.5 Å². The van der Waals surface area contributed by atoms with E-state index in [2.05, 4.69) is 74.4 Å². The summed E-state index contributed by atoms with van der Waals surface area (Å²) in [6.45, 7) is 1.64. The summed E-state index contributed by atoms with van der Waals surface area (Å²) in [7, 11) is 6.40. The molecule has 0 radical (unpaired) electrons. The van der Waals surface area contributed by atoms with Crippen molar-refractivity contribution in [2.45, 2.75) is 57.9 Å². The second-order valence-corrected chi connectivity index (χ2v) is 9.62. The topological polar surface area (TPSA) is 31.2 Å². The average molecular weight is 563 g/mol. The summed E-state index contributed by atoms with van der Waals surface area (Å²) in [5, 5.41) is 1.32. The number of carbonyl (C=O) groups is 1. The number of carbonyl (C=O) groups excluding carboxylic acids is 1. The fourth-order valence-corrected chi connectivity index (χ4v) is 4.07. The van der Waals surface area contributed by atoms with Gasteiger partial charge in [-0.25, -0.2) is 0 Å². The van der Waals surface area contributed by atoms with Crippen molar-refractivity contribution < 1.29 is 33.5 Å². The van der Waals surface area contributed by atoms with E-state index in [1.807, 2.05) is 12.1 Å². The molecule has 180 valence electrons. The minimum absolute atomic E-state index is 0. The Kier molecular flexibility index (Phi) is 11.4. The Balaban J connectivity index is 0.00000385. The highest BCUT2D eigenvalue weighted by molar-refractivity contribution is 5.79. The number of quaternary nitrogens is 1. The van der Waals surface area contributed by atoms with E-state index in [-0.39, 0.29) is 29.9 Å². The molecule has 0 spiro atoms. The number of fused-ring (bicyclic) bond motifs is 1. The van der Waals surface area contributed by atoms with Crippen LogP contribution in [0.25, 0.3) is 10.9 Å². The second kappa shape index (κ2) is 13.8. The predicted molar refractivity (Wildman–Crippen MR) is 135 cm³/mol. The Morgan fingerprint density at radius 3 is 2.15 bits per heavy atom. The third-order valence-electron chi connectivity index (χ3n) is 6.05. The van der Waals surface area contributed by atoms with Gasteiger partial charge in [-0.1, -0.05) is 62.4 Å². The first-order valence-electron chi connectivity index (χ1n) is 12.0. The van der Waals surface area contributed by atoms with Crippen LogP contribution in [0.2, 0.25) is 0 Å². The Hall–Kier alpha value is -1.86. The number of benzene rings is 2. The molecule has 0 aliphatic heterocycles. The van der Waals surface area contributed by atoms with Gasteiger partial charge in [0.25, 0.3) is 0 Å². The van der Waals surface area contributed by atoms with Gasteiger partial charge in [0.15, 0.2) is 0 Å². The van der Waals surface area contributed by atoms with E-state index in [0.29, 0.717) is 13.0 Å². The highest BCUT2D eigenvalue weighted by Crippen LogP contribution is 2.18. The Labute approximate surface area is 216 Å². The summed E-state index contributed by atoms with van der Waals surface area (Å²) >= 11 is 0. The van der Waals surface area contributed by atoms with E-state index in [0.717, 1.165) is 29.4 Å². The molecule has 0 aliphatic carbocycles. The third-order valence-corrected chi connectivity index (χ3v) is 6.05. The number of aryl methyl sites for hydroxylation is 1. The zero-order valence-electron chi connectivity index (χ0n) is 20.4. The lowest BCUT2D eigenvalue weighted by molar-refractivity contribution is -0.142. The van der Waals surface area contributed by atoms with Crippen LogP contribution in [0.5, 0.6) is 0 Å². The van der Waals surface area contributed by atoms with Crippen LogP contribution in [0, 0.1) is 0 Å². The summed E-state index contributed by atoms with van der Waals surface area (Å²) in [6, 6.07) is 19.0. The molecule has 2 aromatic carbocycles. The molecule has 0 unspecified atom stereocenters. The lowest BCUT2D eigenvalue weighted by Crippen LogP contribution is -3.00. The molecule has 0 fully saturated rings. The molecule has 5 heteroatoms. The molecule has 1 heterocycles. The maximum absolute atomic E-state index is 12.1. The van der Waals surface area contributed by atoms with Gasteiger partial charge in [-0.2, -0.15) is 0 Å². The van der Waals surface area contributed by atoms with Gasteiger partial charge in [-0.15, -0.1) is 0 Å². The highest BCUT2D eigenvalue weighted by atomic mass is 127. The molecular formula is C28H39IN2O2. The fourth-order valence-electron chi connectivity index (χ4n) is 4.07. The smallest absolute Gasteiger partial charge is 0.310 e. The number of nitrogens with zero attached hydrogens (tertiary/aromatic N) is 2. The highest BCUT2D eigenvalue weighted by Gasteiger charge is 2.12. The van der Waals surface area contributed by atoms with Gasteiger partial charge in [-0.05, 0) is 48.1 Å². The molecule has 33 heavy (non-hydrogen) atoms. The number of halogens is 1. The van der Waals surface area contributed by atoms with E-state index in [9.17, 15) is 4.79 Å². The Bertz CT molecular complexity index is 973. The molecule has 0 atom stereocenters. The van der Waals surface area contributed by atoms with Crippen molar-refractivity contribution in [3.05, 3.63) is 66.4 Å². The van der Waals surface area contributed by atoms with Gasteiger partial charge in [0.05, 0.1) is 34.2 Å². The van der Waals surface area contributed by atoms with Crippen LogP contribution >= 0.6 is 0 Å². The number of unbranched alkanes of at least 4 members (excludes halogenated alkanes) is 6. The first kappa shape index (κ1) is 27.4. The molecule has 0 aliphatic rings. The number of ether oxygens (including phenoxy) is 1. The van der Waals surface area contributed by atoms with Crippen molar-refractivity contribution in [2.75, 3.05) is 27.7 Å². The second-order valence-electron chi connectivity index (χ2n) is 9.62. The first-order chi connectivity index (χ1) is 15.4. The van der Waals surface area contributed by atoms with E-state index >= 15 is 0 Å². The molecule has 0 saturated heterocycles. The monoisotopic (exact) mass is 562 g/mol. The summed E-state index contributed by atoms with van der Waals surface area (Å²) in [6.07, 6.45) is 10.9. The lowest BCUT2D eigenvalue weighted by atomic mass is 10.1. The van der Waals surface area contributed by atoms with Crippen molar-refractivity contribution in [1.82, 2.24) is 9.05 Å². The molecule has 1 aromatic heterocycles. The fraction of sp³-hybridized carbons (Fsp3) is 0.464. The van der Waals surface area contributed by atoms with Crippen LogP contribution in [0.4, 0.5) is 5.69 Å². The number of hydrogen-bond acceptors (Lipinski definition) is 2. The van der Waals surface area contributed by atoms with E-state index < -0.39 is 0 Å². The van der Waals surface area contributed by atoms with E-state index in [1.165, 1.54) is 48.7 Å². The molecule has 0 amide bonds. The van der Waals surface area contributed by atoms with Crippen molar-refractivity contribution in [3.8, 4) is 0 Å². The number of hydrogen-bond donors (Lipinski definition) is 0. The standard InChI is InChI=1S/C28H39N2O2.HI/c1-30(2,3)26-17-15-24(16-18-26)23-28(31)32-22-12-8-6-4-5-7-11-20-29-21-19-25-13-9-10-14-27(25)29;/h9-10,13-19,21H,4-8,11-12,20,22-23H2,1-3H3;1H/q+1;/p-1. The molecule has 4 nitrogen and oxygen atoms in total. The quantitative estimate of drug-likeness (QED) is 0.139. The van der Waals surface area contributed by atoms with Crippen LogP contribution in [0.3, 0.4) is 0 Å². The maximum atomic E-state index is 12.1. The first-order valence-corrected chi connectivity index (χ1v) is 12.0. The summed E-state index contributed by atoms with van der Waals surface area (Å²) in [5.41, 5.74) is 3.57. The lowest BCUT2D eigenvalue weighted by Gasteiger charge is -2.23. The van der Waals surface area contributed by atoms with E-state index in [4.69, 9.17) is 4.74 Å². The molecule has 0 saturated carbocycles. The number of esters is 1. The maximum Gasteiger partial charge on any atom is 0.310 e. The van der Waals surface area contributed by atoms with Gasteiger partial charge >= 0.3 is 5.97 Å². The van der Waals surface area contributed by atoms with E-state index in [1.54, 1.807) is 0 Å². The summed E-state index contributed by atoms with van der Waals surface area (Å²) in [5.74, 6) is -0.125. The molecular weight excluding hydrogens is 523 g/mol. The Morgan fingerprint density at radius 2 is 1.45 bits per heavy atom. The molecule has 0 N–H and O–H groups in total. The zero-order chi connectivity index (χ0) is 22.8. The predicted octanol–water partition coefficient (Wildman–Crippen LogP) is 3.36. The minimum atomic E-state index is -0.125. The normalized spacial score (nSPS) is 11.4. The van der Waals surface area contributed by atoms with Crippen molar-refractivity contribution >= 4 is 22.6 Å². The molecule has 3 rings (SSSR count). The van der Waals surface area contributed by atoms with Crippen LogP contribution in [-0.4, -0.2) is 38.3 Å².